The lowest BCUT2D eigenvalue weighted by molar-refractivity contribution is -0.158. The number of morpholine rings is 1. The number of β-amino-alcohol motifs (C(OH)–C–C–N with tert-alkyl or cyclic N) is 1. The summed E-state index contributed by atoms with van der Waals surface area (Å²) in [6.45, 7) is 6.26. The van der Waals surface area contributed by atoms with Crippen LogP contribution in [0.2, 0.25) is 0 Å². The van der Waals surface area contributed by atoms with Crippen LogP contribution in [-0.2, 0) is 44.7 Å². The van der Waals surface area contributed by atoms with Crippen molar-refractivity contribution < 1.29 is 37.3 Å². The summed E-state index contributed by atoms with van der Waals surface area (Å²) in [6, 6.07) is 4.02. The number of nitrogens with zero attached hydrogens (tertiary/aromatic N) is 5. The van der Waals surface area contributed by atoms with E-state index in [1.54, 1.807) is 4.68 Å². The molecule has 3 aliphatic rings. The van der Waals surface area contributed by atoms with Gasteiger partial charge in [-0.3, -0.25) is 14.4 Å². The van der Waals surface area contributed by atoms with E-state index >= 15 is 0 Å². The smallest absolute Gasteiger partial charge is 0.417 e. The number of halogens is 3. The summed E-state index contributed by atoms with van der Waals surface area (Å²) in [5, 5.41) is 15.8. The number of fused-ring (bicyclic) bond motifs is 1. The number of hydrogen-bond acceptors (Lipinski definition) is 9. The lowest BCUT2D eigenvalue weighted by Gasteiger charge is -2.29. The van der Waals surface area contributed by atoms with Crippen LogP contribution in [0.4, 0.5) is 13.2 Å². The Labute approximate surface area is 259 Å². The number of carbonyl (C=O) groups excluding carboxylic acids is 2. The van der Waals surface area contributed by atoms with Crippen LogP contribution in [0, 0.1) is 0 Å². The van der Waals surface area contributed by atoms with Gasteiger partial charge in [0.25, 0.3) is 0 Å². The van der Waals surface area contributed by atoms with Crippen molar-refractivity contribution in [2.24, 2.45) is 0 Å². The van der Waals surface area contributed by atoms with Crippen molar-refractivity contribution in [2.45, 2.75) is 55.9 Å². The lowest BCUT2D eigenvalue weighted by Crippen LogP contribution is -2.41. The largest absolute Gasteiger partial charge is 0.462 e. The van der Waals surface area contributed by atoms with E-state index in [1.165, 1.54) is 23.5 Å². The first kappa shape index (κ1) is 32.7. The molecular formula is C30H40F3N5O5S. The second-order valence-electron chi connectivity index (χ2n) is 11.5. The third-order valence-electron chi connectivity index (χ3n) is 8.41. The number of rotatable bonds is 9. The Morgan fingerprint density at radius 2 is 1.82 bits per heavy atom. The van der Waals surface area contributed by atoms with E-state index in [9.17, 15) is 27.9 Å². The van der Waals surface area contributed by atoms with E-state index in [1.807, 2.05) is 0 Å². The van der Waals surface area contributed by atoms with Crippen molar-refractivity contribution in [1.29, 1.82) is 0 Å². The van der Waals surface area contributed by atoms with E-state index in [0.29, 0.717) is 55.3 Å². The summed E-state index contributed by atoms with van der Waals surface area (Å²) in [6.07, 6.45) is -1.47. The van der Waals surface area contributed by atoms with E-state index in [4.69, 9.17) is 9.84 Å². The average Bonchev–Trinajstić information content (AvgIpc) is 3.37. The number of piperidine rings is 1. The molecule has 242 valence electrons. The second-order valence-corrected chi connectivity index (χ2v) is 12.6. The number of aliphatic hydroxyl groups excluding tert-OH is 1. The van der Waals surface area contributed by atoms with Gasteiger partial charge in [0, 0.05) is 66.6 Å². The summed E-state index contributed by atoms with van der Waals surface area (Å²) in [5.41, 5.74) is 1.67. The molecule has 0 radical (unpaired) electrons. The van der Waals surface area contributed by atoms with Gasteiger partial charge < -0.3 is 24.4 Å². The monoisotopic (exact) mass is 639 g/mol. The highest BCUT2D eigenvalue weighted by Crippen LogP contribution is 2.40. The molecule has 0 bridgehead atoms. The first-order chi connectivity index (χ1) is 21.1. The topological polar surface area (TPSA) is 100 Å². The number of benzene rings is 1. The predicted molar refractivity (Wildman–Crippen MR) is 158 cm³/mol. The number of likely N-dealkylation sites (tertiary alicyclic amines) is 1. The van der Waals surface area contributed by atoms with Gasteiger partial charge in [0.05, 0.1) is 50.8 Å². The van der Waals surface area contributed by atoms with E-state index < -0.39 is 29.7 Å². The molecule has 44 heavy (non-hydrogen) atoms. The maximum Gasteiger partial charge on any atom is 0.417 e. The predicted octanol–water partition coefficient (Wildman–Crippen LogP) is 2.90. The molecule has 2 aromatic rings. The normalized spacial score (nSPS) is 19.1. The number of alkyl halides is 3. The average molecular weight is 640 g/mol. The lowest BCUT2D eigenvalue weighted by atomic mass is 9.99. The number of ether oxygens (including phenoxy) is 2. The molecule has 3 aliphatic heterocycles. The van der Waals surface area contributed by atoms with Gasteiger partial charge in [-0.05, 0) is 38.1 Å². The third-order valence-corrected chi connectivity index (χ3v) is 9.45. The van der Waals surface area contributed by atoms with Crippen LogP contribution in [0.1, 0.15) is 36.1 Å². The SMILES string of the molecule is COC(=O)C(=O)N1CCc2c(c(-c3ccc(C(F)(F)F)c(SCCN4CCOCC4)c3)nn2CC(O)CN2CCCCC2)C1. The number of hydrogen-bond donors (Lipinski definition) is 1. The van der Waals surface area contributed by atoms with Crippen LogP contribution in [0.25, 0.3) is 11.3 Å². The van der Waals surface area contributed by atoms with Gasteiger partial charge in [0.15, 0.2) is 0 Å². The standard InChI is InChI=1S/C30H40F3N5O5S/c1-42-29(41)28(40)37-10-7-25-23(20-37)27(34-38(25)19-22(39)18-36-8-3-2-4-9-36)21-5-6-24(30(31,32)33)26(17-21)44-16-13-35-11-14-43-15-12-35/h5-6,17,22,39H,2-4,7-16,18-20H2,1H3. The van der Waals surface area contributed by atoms with Gasteiger partial charge in [-0.1, -0.05) is 12.5 Å². The zero-order valence-corrected chi connectivity index (χ0v) is 25.8. The number of esters is 1. The van der Waals surface area contributed by atoms with Crippen LogP contribution in [0.15, 0.2) is 23.1 Å². The highest BCUT2D eigenvalue weighted by atomic mass is 32.2. The highest BCUT2D eigenvalue weighted by molar-refractivity contribution is 7.99. The van der Waals surface area contributed by atoms with Crippen LogP contribution in [0.3, 0.4) is 0 Å². The maximum absolute atomic E-state index is 14.0. The van der Waals surface area contributed by atoms with E-state index in [-0.39, 0.29) is 24.5 Å². The molecule has 2 fully saturated rings. The molecule has 14 heteroatoms. The number of aliphatic hydroxyl groups is 1. The second kappa shape index (κ2) is 14.6. The van der Waals surface area contributed by atoms with Crippen LogP contribution in [-0.4, -0.2) is 119 Å². The summed E-state index contributed by atoms with van der Waals surface area (Å²) in [4.78, 5) is 30.6. The molecule has 5 rings (SSSR count). The van der Waals surface area contributed by atoms with Crippen molar-refractivity contribution in [2.75, 3.05) is 71.9 Å². The molecule has 1 aromatic heterocycles. The van der Waals surface area contributed by atoms with Crippen molar-refractivity contribution in [3.8, 4) is 11.3 Å². The molecule has 0 aliphatic carbocycles. The Balaban J connectivity index is 1.44. The molecule has 1 N–H and O–H groups in total. The zero-order valence-electron chi connectivity index (χ0n) is 25.0. The van der Waals surface area contributed by atoms with E-state index in [0.717, 1.165) is 69.7 Å². The minimum absolute atomic E-state index is 0.0569. The Morgan fingerprint density at radius 3 is 2.52 bits per heavy atom. The molecular weight excluding hydrogens is 599 g/mol. The Bertz CT molecular complexity index is 1310. The minimum atomic E-state index is -4.53. The summed E-state index contributed by atoms with van der Waals surface area (Å²) in [7, 11) is 1.14. The minimum Gasteiger partial charge on any atom is -0.462 e. The fraction of sp³-hybridized carbons (Fsp3) is 0.633. The number of aromatic nitrogens is 2. The van der Waals surface area contributed by atoms with Crippen molar-refractivity contribution >= 4 is 23.6 Å². The van der Waals surface area contributed by atoms with Gasteiger partial charge in [-0.2, -0.15) is 18.3 Å². The molecule has 0 saturated carbocycles. The number of carbonyl (C=O) groups is 2. The molecule has 1 aromatic carbocycles. The number of amides is 1. The Kier molecular flexibility index (Phi) is 10.9. The fourth-order valence-electron chi connectivity index (χ4n) is 6.09. The molecule has 1 unspecified atom stereocenters. The summed E-state index contributed by atoms with van der Waals surface area (Å²) in [5.74, 6) is -1.29. The van der Waals surface area contributed by atoms with Crippen molar-refractivity contribution in [3.05, 3.63) is 35.0 Å². The fourth-order valence-corrected chi connectivity index (χ4v) is 7.21. The van der Waals surface area contributed by atoms with Crippen LogP contribution < -0.4 is 0 Å². The summed E-state index contributed by atoms with van der Waals surface area (Å²) >= 11 is 1.15. The van der Waals surface area contributed by atoms with Gasteiger partial charge in [0.2, 0.25) is 0 Å². The Morgan fingerprint density at radius 1 is 1.07 bits per heavy atom. The molecule has 4 heterocycles. The van der Waals surface area contributed by atoms with Gasteiger partial charge in [0.1, 0.15) is 0 Å². The molecule has 2 saturated heterocycles. The van der Waals surface area contributed by atoms with Crippen LogP contribution in [0.5, 0.6) is 0 Å². The zero-order chi connectivity index (χ0) is 31.3. The Hall–Kier alpha value is -2.65. The quantitative estimate of drug-likeness (QED) is 0.252. The van der Waals surface area contributed by atoms with E-state index in [2.05, 4.69) is 14.5 Å². The maximum atomic E-state index is 14.0. The third kappa shape index (κ3) is 7.94. The number of methoxy groups -OCH3 is 1. The van der Waals surface area contributed by atoms with Crippen molar-refractivity contribution in [1.82, 2.24) is 24.5 Å². The van der Waals surface area contributed by atoms with Gasteiger partial charge in [-0.25, -0.2) is 4.79 Å². The molecule has 10 nitrogen and oxygen atoms in total. The first-order valence-corrected chi connectivity index (χ1v) is 16.1. The van der Waals surface area contributed by atoms with Crippen molar-refractivity contribution in [3.63, 3.8) is 0 Å². The number of thioether (sulfide) groups is 1. The molecule has 0 spiro atoms. The van der Waals surface area contributed by atoms with Gasteiger partial charge in [-0.15, -0.1) is 11.8 Å². The molecule has 1 amide bonds. The van der Waals surface area contributed by atoms with Crippen LogP contribution >= 0.6 is 11.8 Å². The van der Waals surface area contributed by atoms with Gasteiger partial charge >= 0.3 is 18.1 Å². The summed E-state index contributed by atoms with van der Waals surface area (Å²) < 4.78 is 53.9. The molecule has 1 atom stereocenters. The first-order valence-electron chi connectivity index (χ1n) is 15.1. The highest BCUT2D eigenvalue weighted by Gasteiger charge is 2.35.